The minimum Gasteiger partial charge on any atom is -0.361 e. The van der Waals surface area contributed by atoms with Gasteiger partial charge in [-0.15, -0.1) is 0 Å². The number of amides is 1. The number of nitrogens with one attached hydrogen (secondary N) is 1. The quantitative estimate of drug-likeness (QED) is 0.945. The highest BCUT2D eigenvalue weighted by molar-refractivity contribution is 5.84. The summed E-state index contributed by atoms with van der Waals surface area (Å²) in [6, 6.07) is 2.00. The molecule has 0 saturated carbocycles. The maximum atomic E-state index is 12.8. The highest BCUT2D eigenvalue weighted by Gasteiger charge is 2.31. The van der Waals surface area contributed by atoms with Gasteiger partial charge in [-0.05, 0) is 39.7 Å². The Kier molecular flexibility index (Phi) is 4.00. The van der Waals surface area contributed by atoms with Crippen LogP contribution in [0.15, 0.2) is 16.8 Å². The van der Waals surface area contributed by atoms with Crippen molar-refractivity contribution in [2.45, 2.75) is 45.4 Å². The van der Waals surface area contributed by atoms with Crippen molar-refractivity contribution < 1.29 is 9.32 Å². The van der Waals surface area contributed by atoms with Crippen molar-refractivity contribution in [1.82, 2.24) is 20.3 Å². The van der Waals surface area contributed by atoms with Crippen LogP contribution in [0.1, 0.15) is 54.3 Å². The third-order valence-electron chi connectivity index (χ3n) is 4.59. The molecule has 0 aromatic carbocycles. The molecule has 0 bridgehead atoms. The number of hydrogen-bond donors (Lipinski definition) is 1. The molecule has 1 amide bonds. The van der Waals surface area contributed by atoms with Crippen LogP contribution >= 0.6 is 0 Å². The minimum absolute atomic E-state index is 0.151. The summed E-state index contributed by atoms with van der Waals surface area (Å²) in [5.41, 5.74) is 2.84. The Balaban J connectivity index is 1.74. The van der Waals surface area contributed by atoms with Crippen molar-refractivity contribution in [3.05, 3.63) is 35.0 Å². The molecule has 2 aromatic heterocycles. The third-order valence-corrected chi connectivity index (χ3v) is 4.59. The molecule has 2 atom stereocenters. The van der Waals surface area contributed by atoms with Crippen LogP contribution in [-0.2, 0) is 4.79 Å². The number of carbonyl (C=O) groups is 1. The van der Waals surface area contributed by atoms with Crippen molar-refractivity contribution in [1.29, 1.82) is 0 Å². The minimum atomic E-state index is -0.216. The Morgan fingerprint density at radius 1 is 1.50 bits per heavy atom. The van der Waals surface area contributed by atoms with Crippen LogP contribution in [0, 0.1) is 13.8 Å². The predicted molar refractivity (Wildman–Crippen MR) is 81.5 cm³/mol. The van der Waals surface area contributed by atoms with E-state index in [4.69, 9.17) is 4.52 Å². The molecular weight excluding hydrogens is 280 g/mol. The number of rotatable bonds is 3. The zero-order valence-electron chi connectivity index (χ0n) is 13.3. The Hall–Kier alpha value is -2.11. The molecule has 1 N–H and O–H groups in total. The van der Waals surface area contributed by atoms with E-state index in [1.165, 1.54) is 0 Å². The molecule has 118 valence electrons. The van der Waals surface area contributed by atoms with Crippen LogP contribution < -0.4 is 0 Å². The number of aryl methyl sites for hydroxylation is 2. The molecule has 1 aliphatic rings. The van der Waals surface area contributed by atoms with Gasteiger partial charge < -0.3 is 9.42 Å². The summed E-state index contributed by atoms with van der Waals surface area (Å²) in [7, 11) is 0. The maximum Gasteiger partial charge on any atom is 0.230 e. The molecule has 3 rings (SSSR count). The number of likely N-dealkylation sites (tertiary alicyclic amines) is 1. The molecule has 0 aliphatic carbocycles. The average molecular weight is 302 g/mol. The normalized spacial score (nSPS) is 20.1. The first-order valence-electron chi connectivity index (χ1n) is 7.78. The van der Waals surface area contributed by atoms with E-state index in [1.54, 1.807) is 6.20 Å². The Morgan fingerprint density at radius 2 is 2.32 bits per heavy atom. The first-order chi connectivity index (χ1) is 10.6. The SMILES string of the molecule is Cc1noc(C)c1[C@@H](C)C(=O)N1CCC[C@@H](c2ccn[nH]2)C1. The molecule has 3 heterocycles. The van der Waals surface area contributed by atoms with Gasteiger partial charge in [-0.3, -0.25) is 9.89 Å². The fraction of sp³-hybridized carbons (Fsp3) is 0.562. The molecule has 6 nitrogen and oxygen atoms in total. The lowest BCUT2D eigenvalue weighted by atomic mass is 9.92. The lowest BCUT2D eigenvalue weighted by Crippen LogP contribution is -2.41. The van der Waals surface area contributed by atoms with Crippen LogP contribution in [0.5, 0.6) is 0 Å². The second-order valence-corrected chi connectivity index (χ2v) is 6.09. The number of H-pyrrole nitrogens is 1. The molecule has 2 aromatic rings. The number of aromatic amines is 1. The van der Waals surface area contributed by atoms with E-state index in [0.29, 0.717) is 5.92 Å². The summed E-state index contributed by atoms with van der Waals surface area (Å²) >= 11 is 0. The van der Waals surface area contributed by atoms with Gasteiger partial charge in [0.15, 0.2) is 0 Å². The Labute approximate surface area is 129 Å². The molecule has 6 heteroatoms. The summed E-state index contributed by atoms with van der Waals surface area (Å²) in [5, 5.41) is 11.0. The topological polar surface area (TPSA) is 75.0 Å². The number of hydrogen-bond acceptors (Lipinski definition) is 4. The smallest absolute Gasteiger partial charge is 0.230 e. The molecule has 0 spiro atoms. The third kappa shape index (κ3) is 2.65. The van der Waals surface area contributed by atoms with Crippen LogP contribution in [0.3, 0.4) is 0 Å². The van der Waals surface area contributed by atoms with Crippen molar-refractivity contribution in [2.24, 2.45) is 0 Å². The molecular formula is C16H22N4O2. The summed E-state index contributed by atoms with van der Waals surface area (Å²) in [6.07, 6.45) is 3.87. The van der Waals surface area contributed by atoms with Crippen molar-refractivity contribution in [3.8, 4) is 0 Å². The van der Waals surface area contributed by atoms with E-state index >= 15 is 0 Å². The van der Waals surface area contributed by atoms with Gasteiger partial charge >= 0.3 is 0 Å². The molecule has 1 saturated heterocycles. The number of aromatic nitrogens is 3. The van der Waals surface area contributed by atoms with Gasteiger partial charge in [-0.1, -0.05) is 5.16 Å². The second kappa shape index (κ2) is 5.94. The number of piperidine rings is 1. The van der Waals surface area contributed by atoms with Crippen LogP contribution in [-0.4, -0.2) is 39.3 Å². The van der Waals surface area contributed by atoms with E-state index in [9.17, 15) is 4.79 Å². The highest BCUT2D eigenvalue weighted by Crippen LogP contribution is 2.30. The average Bonchev–Trinajstić information content (AvgIpc) is 3.16. The zero-order valence-corrected chi connectivity index (χ0v) is 13.3. The van der Waals surface area contributed by atoms with Gasteiger partial charge in [0, 0.05) is 36.5 Å². The maximum absolute atomic E-state index is 12.8. The predicted octanol–water partition coefficient (Wildman–Crippen LogP) is 2.52. The largest absolute Gasteiger partial charge is 0.361 e. The van der Waals surface area contributed by atoms with Crippen LogP contribution in [0.2, 0.25) is 0 Å². The molecule has 1 aliphatic heterocycles. The van der Waals surface area contributed by atoms with Crippen molar-refractivity contribution in [2.75, 3.05) is 13.1 Å². The van der Waals surface area contributed by atoms with Gasteiger partial charge in [0.05, 0.1) is 11.6 Å². The van der Waals surface area contributed by atoms with Gasteiger partial charge in [-0.25, -0.2) is 0 Å². The summed E-state index contributed by atoms with van der Waals surface area (Å²) < 4.78 is 5.20. The fourth-order valence-electron chi connectivity index (χ4n) is 3.43. The van der Waals surface area contributed by atoms with Crippen LogP contribution in [0.25, 0.3) is 0 Å². The monoisotopic (exact) mass is 302 g/mol. The number of carbonyl (C=O) groups excluding carboxylic acids is 1. The Morgan fingerprint density at radius 3 is 2.95 bits per heavy atom. The molecule has 1 fully saturated rings. The summed E-state index contributed by atoms with van der Waals surface area (Å²) in [4.78, 5) is 14.8. The molecule has 0 radical (unpaired) electrons. The number of nitrogens with zero attached hydrogens (tertiary/aromatic N) is 3. The first-order valence-corrected chi connectivity index (χ1v) is 7.78. The van der Waals surface area contributed by atoms with Crippen molar-refractivity contribution in [3.63, 3.8) is 0 Å². The summed E-state index contributed by atoms with van der Waals surface area (Å²) in [6.45, 7) is 7.25. The van der Waals surface area contributed by atoms with E-state index in [-0.39, 0.29) is 11.8 Å². The first kappa shape index (κ1) is 14.8. The van der Waals surface area contributed by atoms with Gasteiger partial charge in [-0.2, -0.15) is 5.10 Å². The van der Waals surface area contributed by atoms with Crippen LogP contribution in [0.4, 0.5) is 0 Å². The highest BCUT2D eigenvalue weighted by atomic mass is 16.5. The lowest BCUT2D eigenvalue weighted by Gasteiger charge is -2.34. The van der Waals surface area contributed by atoms with Crippen molar-refractivity contribution >= 4 is 5.91 Å². The van der Waals surface area contributed by atoms with E-state index < -0.39 is 0 Å². The van der Waals surface area contributed by atoms with E-state index in [1.807, 2.05) is 31.7 Å². The standard InChI is InChI=1S/C16H22N4O2/c1-10(15-11(2)19-22-12(15)3)16(21)20-8-4-5-13(9-20)14-6-7-17-18-14/h6-7,10,13H,4-5,8-9H2,1-3H3,(H,17,18)/t10-,13-/m1/s1. The van der Waals surface area contributed by atoms with E-state index in [0.717, 1.165) is 48.6 Å². The molecule has 22 heavy (non-hydrogen) atoms. The lowest BCUT2D eigenvalue weighted by molar-refractivity contribution is -0.133. The van der Waals surface area contributed by atoms with Gasteiger partial charge in [0.2, 0.25) is 5.91 Å². The van der Waals surface area contributed by atoms with Gasteiger partial charge in [0.25, 0.3) is 0 Å². The molecule has 0 unspecified atom stereocenters. The zero-order chi connectivity index (χ0) is 15.7. The fourth-order valence-corrected chi connectivity index (χ4v) is 3.43. The summed E-state index contributed by atoms with van der Waals surface area (Å²) in [5.74, 6) is 1.02. The second-order valence-electron chi connectivity index (χ2n) is 6.09. The Bertz CT molecular complexity index is 628. The van der Waals surface area contributed by atoms with Gasteiger partial charge in [0.1, 0.15) is 5.76 Å². The van der Waals surface area contributed by atoms with E-state index in [2.05, 4.69) is 15.4 Å².